The highest BCUT2D eigenvalue weighted by molar-refractivity contribution is 6.09. The van der Waals surface area contributed by atoms with Crippen LogP contribution in [0.3, 0.4) is 0 Å². The summed E-state index contributed by atoms with van der Waals surface area (Å²) >= 11 is 0. The normalized spacial score (nSPS) is 10.8. The number of amides is 1. The zero-order valence-electron chi connectivity index (χ0n) is 16.7. The van der Waals surface area contributed by atoms with Gasteiger partial charge in [0.15, 0.2) is 5.65 Å². The van der Waals surface area contributed by atoms with E-state index < -0.39 is 28.6 Å². The number of methoxy groups -OCH3 is 1. The first-order valence-electron chi connectivity index (χ1n) is 9.35. The molecular formula is C23H18FN3O4. The summed E-state index contributed by atoms with van der Waals surface area (Å²) in [6.45, 7) is 1.84. The van der Waals surface area contributed by atoms with Crippen molar-refractivity contribution in [3.05, 3.63) is 88.1 Å². The van der Waals surface area contributed by atoms with Crippen molar-refractivity contribution in [1.29, 1.82) is 0 Å². The van der Waals surface area contributed by atoms with E-state index in [-0.39, 0.29) is 11.0 Å². The van der Waals surface area contributed by atoms with Crippen LogP contribution in [0.4, 0.5) is 10.1 Å². The average Bonchev–Trinajstić information content (AvgIpc) is 2.75. The first-order chi connectivity index (χ1) is 14.9. The van der Waals surface area contributed by atoms with Crippen molar-refractivity contribution >= 4 is 22.6 Å². The van der Waals surface area contributed by atoms with E-state index in [1.54, 1.807) is 24.3 Å². The number of benzene rings is 2. The molecule has 0 aliphatic rings. The van der Waals surface area contributed by atoms with Crippen LogP contribution in [0.1, 0.15) is 15.9 Å². The zero-order chi connectivity index (χ0) is 22.1. The summed E-state index contributed by atoms with van der Waals surface area (Å²) in [5, 5.41) is 13.6. The molecule has 0 radical (unpaired) electrons. The quantitative estimate of drug-likeness (QED) is 0.525. The largest absolute Gasteiger partial charge is 0.506 e. The minimum Gasteiger partial charge on any atom is -0.506 e. The Morgan fingerprint density at radius 1 is 1.16 bits per heavy atom. The van der Waals surface area contributed by atoms with E-state index in [4.69, 9.17) is 4.74 Å². The summed E-state index contributed by atoms with van der Waals surface area (Å²) in [6.07, 6.45) is 1.46. The molecule has 0 bridgehead atoms. The molecule has 31 heavy (non-hydrogen) atoms. The number of ether oxygens (including phenoxy) is 1. The number of aromatic hydroxyl groups is 1. The van der Waals surface area contributed by atoms with Gasteiger partial charge in [0.05, 0.1) is 23.9 Å². The fourth-order valence-electron chi connectivity index (χ4n) is 3.34. The smallest absolute Gasteiger partial charge is 0.273 e. The standard InChI is InChI=1S/C23H18FN3O4/c1-13-5-10-18(31-2)17(12-13)26-22(29)19-20(28)16-4-3-11-25-21(16)27(23(19)30)15-8-6-14(24)7-9-15/h3-12,28H,1-2H3,(H,26,29). The third kappa shape index (κ3) is 3.59. The molecule has 0 saturated carbocycles. The van der Waals surface area contributed by atoms with E-state index in [2.05, 4.69) is 10.3 Å². The molecule has 1 amide bonds. The molecule has 0 saturated heterocycles. The lowest BCUT2D eigenvalue weighted by molar-refractivity contribution is 0.102. The predicted octanol–water partition coefficient (Wildman–Crippen LogP) is 3.80. The summed E-state index contributed by atoms with van der Waals surface area (Å²) in [4.78, 5) is 30.6. The molecule has 0 spiro atoms. The third-order valence-electron chi connectivity index (χ3n) is 4.82. The number of anilines is 1. The molecule has 0 atom stereocenters. The number of carbonyl (C=O) groups is 1. The van der Waals surface area contributed by atoms with Crippen molar-refractivity contribution in [2.45, 2.75) is 6.92 Å². The van der Waals surface area contributed by atoms with Gasteiger partial charge in [0, 0.05) is 6.20 Å². The summed E-state index contributed by atoms with van der Waals surface area (Å²) < 4.78 is 19.8. The van der Waals surface area contributed by atoms with E-state index in [0.29, 0.717) is 17.1 Å². The Morgan fingerprint density at radius 3 is 2.61 bits per heavy atom. The number of rotatable bonds is 4. The number of aryl methyl sites for hydroxylation is 1. The van der Waals surface area contributed by atoms with E-state index >= 15 is 0 Å². The van der Waals surface area contributed by atoms with Crippen molar-refractivity contribution in [3.8, 4) is 17.2 Å². The number of carbonyl (C=O) groups excluding carboxylic acids is 1. The number of hydrogen-bond acceptors (Lipinski definition) is 5. The number of fused-ring (bicyclic) bond motifs is 1. The van der Waals surface area contributed by atoms with Gasteiger partial charge >= 0.3 is 0 Å². The summed E-state index contributed by atoms with van der Waals surface area (Å²) in [5.41, 5.74) is 0.407. The van der Waals surface area contributed by atoms with Crippen molar-refractivity contribution in [2.75, 3.05) is 12.4 Å². The second-order valence-electron chi connectivity index (χ2n) is 6.87. The molecule has 4 aromatic rings. The van der Waals surface area contributed by atoms with Crippen LogP contribution in [0, 0.1) is 12.7 Å². The Balaban J connectivity index is 1.93. The van der Waals surface area contributed by atoms with Crippen LogP contribution in [-0.4, -0.2) is 27.7 Å². The first-order valence-corrected chi connectivity index (χ1v) is 9.35. The van der Waals surface area contributed by atoms with Crippen LogP contribution in [-0.2, 0) is 0 Å². The van der Waals surface area contributed by atoms with E-state index in [0.717, 1.165) is 10.1 Å². The number of nitrogens with one attached hydrogen (secondary N) is 1. The zero-order valence-corrected chi connectivity index (χ0v) is 16.7. The molecule has 8 heteroatoms. The number of hydrogen-bond donors (Lipinski definition) is 2. The molecule has 2 aromatic carbocycles. The van der Waals surface area contributed by atoms with Gasteiger partial charge in [-0.05, 0) is 61.0 Å². The van der Waals surface area contributed by atoms with Gasteiger partial charge in [-0.3, -0.25) is 14.2 Å². The third-order valence-corrected chi connectivity index (χ3v) is 4.82. The van der Waals surface area contributed by atoms with Crippen molar-refractivity contribution in [1.82, 2.24) is 9.55 Å². The molecule has 156 valence electrons. The fraction of sp³-hybridized carbons (Fsp3) is 0.0870. The Morgan fingerprint density at radius 2 is 1.90 bits per heavy atom. The van der Waals surface area contributed by atoms with Crippen LogP contribution >= 0.6 is 0 Å². The molecule has 2 N–H and O–H groups in total. The van der Waals surface area contributed by atoms with Gasteiger partial charge in [-0.1, -0.05) is 6.07 Å². The van der Waals surface area contributed by atoms with Gasteiger partial charge in [0.1, 0.15) is 22.9 Å². The van der Waals surface area contributed by atoms with Gasteiger partial charge in [0.25, 0.3) is 11.5 Å². The molecular weight excluding hydrogens is 401 g/mol. The highest BCUT2D eigenvalue weighted by Gasteiger charge is 2.24. The molecule has 0 fully saturated rings. The Kier molecular flexibility index (Phi) is 5.12. The van der Waals surface area contributed by atoms with Gasteiger partial charge < -0.3 is 15.2 Å². The summed E-state index contributed by atoms with van der Waals surface area (Å²) in [7, 11) is 1.46. The maximum atomic E-state index is 13.4. The van der Waals surface area contributed by atoms with Crippen molar-refractivity contribution in [2.24, 2.45) is 0 Å². The molecule has 2 heterocycles. The number of pyridine rings is 2. The molecule has 2 aromatic heterocycles. The maximum Gasteiger partial charge on any atom is 0.273 e. The van der Waals surface area contributed by atoms with E-state index in [1.807, 2.05) is 13.0 Å². The number of aromatic nitrogens is 2. The average molecular weight is 419 g/mol. The summed E-state index contributed by atoms with van der Waals surface area (Å²) in [6, 6.07) is 13.5. The molecule has 4 rings (SSSR count). The lowest BCUT2D eigenvalue weighted by atomic mass is 10.1. The molecule has 0 aliphatic carbocycles. The van der Waals surface area contributed by atoms with Gasteiger partial charge in [-0.15, -0.1) is 0 Å². The Hall–Kier alpha value is -4.20. The predicted molar refractivity (Wildman–Crippen MR) is 115 cm³/mol. The SMILES string of the molecule is COc1ccc(C)cc1NC(=O)c1c(O)c2cccnc2n(-c2ccc(F)cc2)c1=O. The minimum atomic E-state index is -0.812. The molecule has 7 nitrogen and oxygen atoms in total. The van der Waals surface area contributed by atoms with Crippen molar-refractivity contribution in [3.63, 3.8) is 0 Å². The second-order valence-corrected chi connectivity index (χ2v) is 6.87. The first kappa shape index (κ1) is 20.1. The van der Waals surface area contributed by atoms with Crippen LogP contribution < -0.4 is 15.6 Å². The maximum absolute atomic E-state index is 13.4. The van der Waals surface area contributed by atoms with Crippen LogP contribution in [0.5, 0.6) is 11.5 Å². The van der Waals surface area contributed by atoms with Gasteiger partial charge in [-0.2, -0.15) is 0 Å². The van der Waals surface area contributed by atoms with Gasteiger partial charge in [-0.25, -0.2) is 9.37 Å². The second kappa shape index (κ2) is 7.91. The lowest BCUT2D eigenvalue weighted by Gasteiger charge is -2.15. The Bertz CT molecular complexity index is 1360. The fourth-order valence-corrected chi connectivity index (χ4v) is 3.34. The summed E-state index contributed by atoms with van der Waals surface area (Å²) in [5.74, 6) is -1.37. The van der Waals surface area contributed by atoms with Crippen molar-refractivity contribution < 1.29 is 19.0 Å². The minimum absolute atomic E-state index is 0.140. The topological polar surface area (TPSA) is 93.4 Å². The number of nitrogens with zero attached hydrogens (tertiary/aromatic N) is 2. The highest BCUT2D eigenvalue weighted by atomic mass is 19.1. The molecule has 0 unspecified atom stereocenters. The number of halogens is 1. The lowest BCUT2D eigenvalue weighted by Crippen LogP contribution is -2.29. The van der Waals surface area contributed by atoms with Crippen LogP contribution in [0.25, 0.3) is 16.7 Å². The van der Waals surface area contributed by atoms with E-state index in [9.17, 15) is 19.1 Å². The highest BCUT2D eigenvalue weighted by Crippen LogP contribution is 2.29. The molecule has 0 aliphatic heterocycles. The Labute approximate surface area is 176 Å². The van der Waals surface area contributed by atoms with E-state index in [1.165, 1.54) is 37.6 Å². The van der Waals surface area contributed by atoms with Crippen LogP contribution in [0.15, 0.2) is 65.6 Å². The van der Waals surface area contributed by atoms with Crippen LogP contribution in [0.2, 0.25) is 0 Å². The van der Waals surface area contributed by atoms with Gasteiger partial charge in [0.2, 0.25) is 0 Å². The monoisotopic (exact) mass is 419 g/mol.